The Hall–Kier alpha value is -1.47. The number of carbonyl (C=O) groups is 1. The number of hydrogen-bond donors (Lipinski definition) is 10. The van der Waals surface area contributed by atoms with Crippen LogP contribution in [0.25, 0.3) is 0 Å². The van der Waals surface area contributed by atoms with E-state index in [9.17, 15) is 51.1 Å². The van der Waals surface area contributed by atoms with Gasteiger partial charge in [0.15, 0.2) is 25.0 Å². The van der Waals surface area contributed by atoms with E-state index < -0.39 is 135 Å². The standard InChI is InChI=1S/C52H84O19/c1-24-39(68-42-36(60)32(56)27(54)22-64-42)35(59)38(62)43(66-24)70-41-40(69-44-37(61)34(58)33(57)29(21-53)67-44)28(55)23-65-45(41)71-46(63)52-18-16-47(2,3)20-26(52)25-10-11-31-49(6)14-9-13-48(4,5)30(49)12-15-51(31,8)50(25,7)17-19-52/h10,24,26-45,53-62H,9,11-23H2,1-8H3/t24-,26-,27+,28-,29+,30-,31+,32-,33+,34-,35-,36+,37+,38+,39-,40-,41+,42-,43-,44-,45-,49-,50+,51+,52-/m0/s1. The molecule has 19 nitrogen and oxygen atoms in total. The summed E-state index contributed by atoms with van der Waals surface area (Å²) in [6.07, 6.45) is -16.5. The molecule has 8 fully saturated rings. The van der Waals surface area contributed by atoms with Gasteiger partial charge in [0.1, 0.15) is 73.2 Å². The Morgan fingerprint density at radius 3 is 1.97 bits per heavy atom. The predicted molar refractivity (Wildman–Crippen MR) is 248 cm³/mol. The number of rotatable bonds is 9. The average Bonchev–Trinajstić information content (AvgIpc) is 3.31. The number of aliphatic hydroxyl groups excluding tert-OH is 10. The Balaban J connectivity index is 1.01. The summed E-state index contributed by atoms with van der Waals surface area (Å²) in [6.45, 7) is 16.8. The Labute approximate surface area is 417 Å². The van der Waals surface area contributed by atoms with Crippen LogP contribution >= 0.6 is 0 Å². The van der Waals surface area contributed by atoms with E-state index in [2.05, 4.69) is 54.5 Å². The minimum Gasteiger partial charge on any atom is -0.432 e. The third-order valence-electron chi connectivity index (χ3n) is 20.4. The van der Waals surface area contributed by atoms with Crippen LogP contribution in [-0.4, -0.2) is 187 Å². The Morgan fingerprint density at radius 1 is 0.634 bits per heavy atom. The van der Waals surface area contributed by atoms with Gasteiger partial charge in [0.2, 0.25) is 6.29 Å². The number of esters is 1. The molecule has 0 radical (unpaired) electrons. The van der Waals surface area contributed by atoms with E-state index in [1.165, 1.54) is 38.2 Å². The molecule has 9 aliphatic rings. The number of hydrogen-bond acceptors (Lipinski definition) is 19. The number of carbonyl (C=O) groups excluding carboxylic acids is 1. The van der Waals surface area contributed by atoms with Crippen LogP contribution < -0.4 is 0 Å². The molecule has 0 aromatic rings. The number of allylic oxidation sites excluding steroid dienone is 2. The smallest absolute Gasteiger partial charge is 0.315 e. The van der Waals surface area contributed by atoms with Crippen LogP contribution in [0.5, 0.6) is 0 Å². The third kappa shape index (κ3) is 9.01. The molecule has 4 saturated carbocycles. The van der Waals surface area contributed by atoms with Gasteiger partial charge in [-0.1, -0.05) is 66.5 Å². The second-order valence-electron chi connectivity index (χ2n) is 25.3. The molecule has 4 aliphatic heterocycles. The highest BCUT2D eigenvalue weighted by Crippen LogP contribution is 2.76. The molecule has 4 saturated heterocycles. The van der Waals surface area contributed by atoms with E-state index in [4.69, 9.17) is 37.9 Å². The molecule has 0 bridgehead atoms. The summed E-state index contributed by atoms with van der Waals surface area (Å²) in [5, 5.41) is 108. The van der Waals surface area contributed by atoms with Gasteiger partial charge in [-0.3, -0.25) is 4.79 Å². The van der Waals surface area contributed by atoms with Crippen LogP contribution in [0.1, 0.15) is 126 Å². The average molecular weight is 1010 g/mol. The molecule has 0 unspecified atom stereocenters. The zero-order valence-electron chi connectivity index (χ0n) is 42.7. The van der Waals surface area contributed by atoms with Crippen molar-refractivity contribution in [1.29, 1.82) is 0 Å². The molecular weight excluding hydrogens is 929 g/mol. The van der Waals surface area contributed by atoms with E-state index in [-0.39, 0.29) is 39.6 Å². The highest BCUT2D eigenvalue weighted by atomic mass is 16.8. The van der Waals surface area contributed by atoms with Gasteiger partial charge in [0.05, 0.1) is 31.3 Å². The maximum atomic E-state index is 15.5. The van der Waals surface area contributed by atoms with Crippen molar-refractivity contribution < 1.29 is 93.8 Å². The van der Waals surface area contributed by atoms with Gasteiger partial charge in [-0.25, -0.2) is 0 Å². The summed E-state index contributed by atoms with van der Waals surface area (Å²) in [5.74, 6) is 0.450. The van der Waals surface area contributed by atoms with Gasteiger partial charge in [0, 0.05) is 0 Å². The molecule has 25 atom stereocenters. The van der Waals surface area contributed by atoms with Gasteiger partial charge >= 0.3 is 5.97 Å². The van der Waals surface area contributed by atoms with E-state index in [0.29, 0.717) is 24.7 Å². The number of aliphatic hydroxyl groups is 10. The fourth-order valence-corrected chi connectivity index (χ4v) is 15.9. The molecule has 71 heavy (non-hydrogen) atoms. The monoisotopic (exact) mass is 1010 g/mol. The quantitative estimate of drug-likeness (QED) is 0.115. The molecule has 4 heterocycles. The lowest BCUT2D eigenvalue weighted by Gasteiger charge is -2.71. The van der Waals surface area contributed by atoms with Gasteiger partial charge in [-0.2, -0.15) is 0 Å². The minimum atomic E-state index is -1.92. The van der Waals surface area contributed by atoms with Crippen LogP contribution in [0.4, 0.5) is 0 Å². The first-order chi connectivity index (χ1) is 33.2. The van der Waals surface area contributed by atoms with Gasteiger partial charge in [0.25, 0.3) is 0 Å². The van der Waals surface area contributed by atoms with E-state index in [1.54, 1.807) is 0 Å². The van der Waals surface area contributed by atoms with Crippen molar-refractivity contribution in [1.82, 2.24) is 0 Å². The Bertz CT molecular complexity index is 1950. The molecule has 0 aromatic heterocycles. The molecule has 0 aromatic carbocycles. The van der Waals surface area contributed by atoms with Crippen LogP contribution in [-0.2, 0) is 42.7 Å². The van der Waals surface area contributed by atoms with Crippen molar-refractivity contribution in [2.45, 2.75) is 237 Å². The van der Waals surface area contributed by atoms with Crippen LogP contribution in [0.3, 0.4) is 0 Å². The summed E-state index contributed by atoms with van der Waals surface area (Å²) in [6, 6.07) is 0. The fourth-order valence-electron chi connectivity index (χ4n) is 15.9. The SMILES string of the molecule is C[C@@H]1O[C@@H](O[C@H]2[C@H](OC(=O)[C@]34CCC(C)(C)C[C@H]3C3=CC[C@@H]5[C@@]6(C)CCCC(C)(C)[C@@H]6CC[C@@]5(C)[C@]3(C)CC4)OC[C@H](O)[C@@H]2O[C@@H]2O[C@H](CO)[C@@H](O)[C@H](O)[C@H]2O)[C@H](O)[C@H](O)[C@H]1O[C@@H]1OC[C@@H](O)[C@H](O)[C@H]1O. The van der Waals surface area contributed by atoms with Crippen molar-refractivity contribution >= 4 is 5.97 Å². The zero-order valence-corrected chi connectivity index (χ0v) is 42.7. The summed E-state index contributed by atoms with van der Waals surface area (Å²) >= 11 is 0. The lowest BCUT2D eigenvalue weighted by atomic mass is 9.33. The lowest BCUT2D eigenvalue weighted by Crippen LogP contribution is -2.66. The molecule has 0 spiro atoms. The lowest BCUT2D eigenvalue weighted by molar-refractivity contribution is -0.385. The molecule has 10 N–H and O–H groups in total. The van der Waals surface area contributed by atoms with Crippen LogP contribution in [0, 0.1) is 50.2 Å². The first kappa shape index (κ1) is 54.3. The van der Waals surface area contributed by atoms with Gasteiger partial charge in [-0.15, -0.1) is 0 Å². The molecule has 406 valence electrons. The first-order valence-corrected chi connectivity index (χ1v) is 26.4. The van der Waals surface area contributed by atoms with Crippen LogP contribution in [0.2, 0.25) is 0 Å². The largest absolute Gasteiger partial charge is 0.432 e. The maximum Gasteiger partial charge on any atom is 0.315 e. The summed E-state index contributed by atoms with van der Waals surface area (Å²) < 4.78 is 48.2. The minimum absolute atomic E-state index is 0.00347. The normalized spacial score (nSPS) is 53.8. The van der Waals surface area contributed by atoms with E-state index >= 15 is 4.79 Å². The third-order valence-corrected chi connectivity index (χ3v) is 20.4. The van der Waals surface area contributed by atoms with Crippen molar-refractivity contribution in [3.63, 3.8) is 0 Å². The second kappa shape index (κ2) is 19.5. The summed E-state index contributed by atoms with van der Waals surface area (Å²) in [7, 11) is 0. The summed E-state index contributed by atoms with van der Waals surface area (Å²) in [4.78, 5) is 15.5. The molecule has 9 rings (SSSR count). The molecule has 19 heteroatoms. The maximum absolute atomic E-state index is 15.5. The molecule has 0 amide bonds. The van der Waals surface area contributed by atoms with E-state index in [1.807, 2.05) is 0 Å². The van der Waals surface area contributed by atoms with Crippen molar-refractivity contribution in [3.8, 4) is 0 Å². The number of ether oxygens (including phenoxy) is 8. The second-order valence-corrected chi connectivity index (χ2v) is 25.3. The predicted octanol–water partition coefficient (Wildman–Crippen LogP) is 1.30. The summed E-state index contributed by atoms with van der Waals surface area (Å²) in [5.41, 5.74) is 0.575. The molecular formula is C52H84O19. The van der Waals surface area contributed by atoms with Crippen molar-refractivity contribution in [3.05, 3.63) is 11.6 Å². The first-order valence-electron chi connectivity index (χ1n) is 26.4. The van der Waals surface area contributed by atoms with Gasteiger partial charge in [-0.05, 0) is 116 Å². The topological polar surface area (TPSA) is 293 Å². The number of fused-ring (bicyclic) bond motifs is 7. The van der Waals surface area contributed by atoms with Crippen molar-refractivity contribution in [2.24, 2.45) is 50.2 Å². The highest BCUT2D eigenvalue weighted by molar-refractivity contribution is 5.79. The van der Waals surface area contributed by atoms with Crippen molar-refractivity contribution in [2.75, 3.05) is 19.8 Å². The highest BCUT2D eigenvalue weighted by Gasteiger charge is 2.69. The Morgan fingerprint density at radius 2 is 1.25 bits per heavy atom. The zero-order chi connectivity index (χ0) is 51.5. The van der Waals surface area contributed by atoms with E-state index in [0.717, 1.165) is 32.1 Å². The Kier molecular flexibility index (Phi) is 14.9. The van der Waals surface area contributed by atoms with Gasteiger partial charge < -0.3 is 89.0 Å². The van der Waals surface area contributed by atoms with Crippen LogP contribution in [0.15, 0.2) is 11.6 Å². The molecule has 5 aliphatic carbocycles. The fraction of sp³-hybridized carbons (Fsp3) is 0.942.